The van der Waals surface area contributed by atoms with Crippen LogP contribution in [0.5, 0.6) is 0 Å². The first-order valence-corrected chi connectivity index (χ1v) is 8.05. The largest absolute Gasteiger partial charge is 0.392 e. The van der Waals surface area contributed by atoms with E-state index in [1.807, 2.05) is 6.07 Å². The number of nitrogens with zero attached hydrogens (tertiary/aromatic N) is 2. The van der Waals surface area contributed by atoms with Crippen LogP contribution in [0.3, 0.4) is 0 Å². The highest BCUT2D eigenvalue weighted by Gasteiger charge is 2.38. The fraction of sp³-hybridized carbons (Fsp3) is 0.500. The van der Waals surface area contributed by atoms with Crippen molar-refractivity contribution in [1.29, 1.82) is 0 Å². The molecule has 2 aliphatic rings. The normalized spacial score (nSPS) is 29.7. The van der Waals surface area contributed by atoms with Crippen LogP contribution in [-0.4, -0.2) is 34.2 Å². The van der Waals surface area contributed by atoms with Crippen LogP contribution < -0.4 is 0 Å². The number of fused-ring (bicyclic) bond motifs is 3. The van der Waals surface area contributed by atoms with Crippen molar-refractivity contribution in [3.05, 3.63) is 42.1 Å². The topological polar surface area (TPSA) is 36.4 Å². The third kappa shape index (κ3) is 2.56. The lowest BCUT2D eigenvalue weighted by molar-refractivity contribution is -0.0519. The molecule has 3 nitrogen and oxygen atoms in total. The van der Waals surface area contributed by atoms with E-state index in [-0.39, 0.29) is 6.10 Å². The van der Waals surface area contributed by atoms with Crippen molar-refractivity contribution in [2.75, 3.05) is 13.1 Å². The maximum absolute atomic E-state index is 10.3. The monoisotopic (exact) mass is 282 g/mol. The van der Waals surface area contributed by atoms with Gasteiger partial charge in [0.15, 0.2) is 0 Å². The van der Waals surface area contributed by atoms with Gasteiger partial charge in [0.05, 0.1) is 17.3 Å². The minimum absolute atomic E-state index is 0.0698. The zero-order valence-corrected chi connectivity index (χ0v) is 12.3. The van der Waals surface area contributed by atoms with Crippen molar-refractivity contribution in [3.63, 3.8) is 0 Å². The molecule has 1 saturated carbocycles. The van der Waals surface area contributed by atoms with Crippen LogP contribution in [0.2, 0.25) is 0 Å². The summed E-state index contributed by atoms with van der Waals surface area (Å²) in [5, 5.41) is 11.5. The van der Waals surface area contributed by atoms with Crippen molar-refractivity contribution in [2.24, 2.45) is 11.8 Å². The lowest BCUT2D eigenvalue weighted by Gasteiger charge is -2.45. The van der Waals surface area contributed by atoms with Crippen LogP contribution in [0.25, 0.3) is 10.9 Å². The predicted molar refractivity (Wildman–Crippen MR) is 83.9 cm³/mol. The van der Waals surface area contributed by atoms with Gasteiger partial charge in [-0.2, -0.15) is 0 Å². The van der Waals surface area contributed by atoms with Gasteiger partial charge in [0.1, 0.15) is 0 Å². The van der Waals surface area contributed by atoms with Crippen molar-refractivity contribution in [2.45, 2.75) is 31.9 Å². The number of pyridine rings is 1. The second-order valence-corrected chi connectivity index (χ2v) is 6.63. The molecule has 1 saturated heterocycles. The summed E-state index contributed by atoms with van der Waals surface area (Å²) in [4.78, 5) is 7.26. The Morgan fingerprint density at radius 3 is 2.62 bits per heavy atom. The summed E-state index contributed by atoms with van der Waals surface area (Å²) in [5.74, 6) is 0.941. The summed E-state index contributed by atoms with van der Waals surface area (Å²) in [6.45, 7) is 2.95. The van der Waals surface area contributed by atoms with E-state index >= 15 is 0 Å². The van der Waals surface area contributed by atoms with Gasteiger partial charge in [0.25, 0.3) is 0 Å². The summed E-state index contributed by atoms with van der Waals surface area (Å²) < 4.78 is 0. The average Bonchev–Trinajstić information content (AvgIpc) is 2.48. The van der Waals surface area contributed by atoms with Crippen LogP contribution >= 0.6 is 0 Å². The molecule has 1 N–H and O–H groups in total. The Bertz CT molecular complexity index is 628. The lowest BCUT2D eigenvalue weighted by Crippen LogP contribution is -2.51. The molecule has 1 aromatic carbocycles. The predicted octanol–water partition coefficient (Wildman–Crippen LogP) is 2.83. The first-order valence-electron chi connectivity index (χ1n) is 8.05. The van der Waals surface area contributed by atoms with Crippen molar-refractivity contribution in [3.8, 4) is 0 Å². The second kappa shape index (κ2) is 5.39. The molecule has 1 aliphatic heterocycles. The number of rotatable bonds is 2. The van der Waals surface area contributed by atoms with E-state index < -0.39 is 0 Å². The van der Waals surface area contributed by atoms with Crippen LogP contribution in [-0.2, 0) is 6.54 Å². The summed E-state index contributed by atoms with van der Waals surface area (Å²) >= 11 is 0. The maximum Gasteiger partial charge on any atom is 0.0705 e. The molecule has 2 bridgehead atoms. The number of benzene rings is 1. The minimum atomic E-state index is -0.0698. The molecule has 2 fully saturated rings. The highest BCUT2D eigenvalue weighted by molar-refractivity contribution is 5.78. The Kier molecular flexibility index (Phi) is 3.40. The Hall–Kier alpha value is -1.45. The van der Waals surface area contributed by atoms with Gasteiger partial charge in [-0.15, -0.1) is 0 Å². The molecule has 110 valence electrons. The summed E-state index contributed by atoms with van der Waals surface area (Å²) in [5.41, 5.74) is 2.22. The minimum Gasteiger partial charge on any atom is -0.392 e. The Morgan fingerprint density at radius 2 is 1.81 bits per heavy atom. The van der Waals surface area contributed by atoms with E-state index in [0.717, 1.165) is 30.8 Å². The number of likely N-dealkylation sites (tertiary alicyclic amines) is 1. The molecule has 0 amide bonds. The van der Waals surface area contributed by atoms with Gasteiger partial charge in [-0.25, -0.2) is 0 Å². The van der Waals surface area contributed by atoms with Crippen molar-refractivity contribution < 1.29 is 5.11 Å². The Morgan fingerprint density at radius 1 is 1.05 bits per heavy atom. The SMILES string of the molecule is OC1C2CCCC1CN(Cc1ccc3ccccc3n1)C2. The molecule has 2 aromatic rings. The third-order valence-electron chi connectivity index (χ3n) is 5.14. The van der Waals surface area contributed by atoms with E-state index in [0.29, 0.717) is 11.8 Å². The van der Waals surface area contributed by atoms with E-state index in [1.54, 1.807) is 0 Å². The van der Waals surface area contributed by atoms with Gasteiger partial charge in [0, 0.05) is 25.0 Å². The van der Waals surface area contributed by atoms with E-state index in [1.165, 1.54) is 24.6 Å². The molecule has 0 radical (unpaired) electrons. The summed E-state index contributed by atoms with van der Waals surface area (Å²) in [6, 6.07) is 12.6. The molecule has 2 atom stereocenters. The van der Waals surface area contributed by atoms with Gasteiger partial charge in [-0.05, 0) is 36.8 Å². The molecule has 1 aliphatic carbocycles. The van der Waals surface area contributed by atoms with E-state index in [4.69, 9.17) is 4.98 Å². The Labute approximate surface area is 125 Å². The maximum atomic E-state index is 10.3. The molecule has 3 heteroatoms. The molecule has 21 heavy (non-hydrogen) atoms. The summed E-state index contributed by atoms with van der Waals surface area (Å²) in [6.07, 6.45) is 3.58. The van der Waals surface area contributed by atoms with Crippen LogP contribution in [0.4, 0.5) is 0 Å². The number of hydrogen-bond acceptors (Lipinski definition) is 3. The fourth-order valence-electron chi connectivity index (χ4n) is 4.06. The number of aliphatic hydroxyl groups is 1. The molecule has 4 rings (SSSR count). The van der Waals surface area contributed by atoms with Crippen molar-refractivity contribution >= 4 is 10.9 Å². The number of aliphatic hydroxyl groups excluding tert-OH is 1. The average molecular weight is 282 g/mol. The first kappa shape index (κ1) is 13.2. The Balaban J connectivity index is 1.52. The van der Waals surface area contributed by atoms with Crippen LogP contribution in [0, 0.1) is 11.8 Å². The zero-order chi connectivity index (χ0) is 14.2. The van der Waals surface area contributed by atoms with Gasteiger partial charge in [-0.1, -0.05) is 30.7 Å². The van der Waals surface area contributed by atoms with Gasteiger partial charge < -0.3 is 5.11 Å². The third-order valence-corrected chi connectivity index (χ3v) is 5.14. The van der Waals surface area contributed by atoms with Gasteiger partial charge in [0.2, 0.25) is 0 Å². The summed E-state index contributed by atoms with van der Waals surface area (Å²) in [7, 11) is 0. The second-order valence-electron chi connectivity index (χ2n) is 6.63. The standard InChI is InChI=1S/C18H22N2O/c21-18-14-5-3-6-15(18)11-20(10-14)12-16-9-8-13-4-1-2-7-17(13)19-16/h1-2,4,7-9,14-15,18,21H,3,5-6,10-12H2. The number of para-hydroxylation sites is 1. The van der Waals surface area contributed by atoms with Gasteiger partial charge in [-0.3, -0.25) is 9.88 Å². The highest BCUT2D eigenvalue weighted by Crippen LogP contribution is 2.35. The lowest BCUT2D eigenvalue weighted by atomic mass is 9.75. The molecular formula is C18H22N2O. The van der Waals surface area contributed by atoms with E-state index in [2.05, 4.69) is 35.2 Å². The van der Waals surface area contributed by atoms with Crippen molar-refractivity contribution in [1.82, 2.24) is 9.88 Å². The fourth-order valence-corrected chi connectivity index (χ4v) is 4.06. The zero-order valence-electron chi connectivity index (χ0n) is 12.3. The molecule has 2 unspecified atom stereocenters. The van der Waals surface area contributed by atoms with Crippen LogP contribution in [0.15, 0.2) is 36.4 Å². The van der Waals surface area contributed by atoms with Crippen LogP contribution in [0.1, 0.15) is 25.0 Å². The number of hydrogen-bond donors (Lipinski definition) is 1. The smallest absolute Gasteiger partial charge is 0.0705 e. The quantitative estimate of drug-likeness (QED) is 0.920. The molecular weight excluding hydrogens is 260 g/mol. The molecule has 2 heterocycles. The number of aromatic nitrogens is 1. The molecule has 0 spiro atoms. The van der Waals surface area contributed by atoms with Gasteiger partial charge >= 0.3 is 0 Å². The number of piperidine rings is 1. The van der Waals surface area contributed by atoms with E-state index in [9.17, 15) is 5.11 Å². The molecule has 1 aromatic heterocycles. The first-order chi connectivity index (χ1) is 10.3. The highest BCUT2D eigenvalue weighted by atomic mass is 16.3.